The van der Waals surface area contributed by atoms with Crippen molar-refractivity contribution >= 4 is 18.3 Å². The Bertz CT molecular complexity index is 372. The second-order valence-electron chi connectivity index (χ2n) is 6.11. The van der Waals surface area contributed by atoms with Gasteiger partial charge in [0, 0.05) is 31.5 Å². The molecule has 0 aromatic carbocycles. The van der Waals surface area contributed by atoms with Crippen molar-refractivity contribution in [1.82, 2.24) is 4.90 Å². The van der Waals surface area contributed by atoms with Crippen molar-refractivity contribution in [2.75, 3.05) is 20.2 Å². The lowest BCUT2D eigenvalue weighted by molar-refractivity contribution is -0.229. The van der Waals surface area contributed by atoms with Crippen molar-refractivity contribution in [3.8, 4) is 0 Å². The van der Waals surface area contributed by atoms with E-state index in [0.29, 0.717) is 6.54 Å². The second-order valence-corrected chi connectivity index (χ2v) is 6.11. The van der Waals surface area contributed by atoms with Crippen LogP contribution in [0.4, 0.5) is 0 Å². The number of nitrogens with zero attached hydrogens (tertiary/aromatic N) is 1. The number of halogens is 1. The highest BCUT2D eigenvalue weighted by molar-refractivity contribution is 5.89. The van der Waals surface area contributed by atoms with E-state index >= 15 is 0 Å². The molecule has 2 aliphatic rings. The molecule has 2 N–H and O–H groups in total. The number of nitrogens with two attached hydrogens (primary N) is 1. The molecule has 4 nitrogen and oxygen atoms in total. The molecule has 110 valence electrons. The molecule has 0 radical (unpaired) electrons. The van der Waals surface area contributed by atoms with E-state index in [1.165, 1.54) is 0 Å². The minimum atomic E-state index is -0.796. The first-order valence-corrected chi connectivity index (χ1v) is 6.64. The minimum absolute atomic E-state index is 0. The quantitative estimate of drug-likeness (QED) is 0.803. The SMILES string of the molecule is C=CCN(C)C(=O)C1(N)C2CCCOC2C1(C)C.Cl. The summed E-state index contributed by atoms with van der Waals surface area (Å²) in [7, 11) is 1.78. The fourth-order valence-electron chi connectivity index (χ4n) is 3.60. The Morgan fingerprint density at radius 3 is 2.79 bits per heavy atom. The highest BCUT2D eigenvalue weighted by Crippen LogP contribution is 2.57. The Kier molecular flexibility index (Phi) is 4.71. The van der Waals surface area contributed by atoms with Crippen molar-refractivity contribution < 1.29 is 9.53 Å². The Hall–Kier alpha value is -0.580. The van der Waals surface area contributed by atoms with Crippen LogP contribution in [0.3, 0.4) is 0 Å². The van der Waals surface area contributed by atoms with Gasteiger partial charge in [-0.2, -0.15) is 0 Å². The average molecular weight is 289 g/mol. The van der Waals surface area contributed by atoms with Crippen LogP contribution in [-0.2, 0) is 9.53 Å². The molecule has 1 aliphatic carbocycles. The number of hydrogen-bond donors (Lipinski definition) is 1. The summed E-state index contributed by atoms with van der Waals surface area (Å²) in [6.45, 7) is 9.07. The number of ether oxygens (including phenoxy) is 1. The Morgan fingerprint density at radius 2 is 2.21 bits per heavy atom. The molecule has 19 heavy (non-hydrogen) atoms. The van der Waals surface area contributed by atoms with Crippen molar-refractivity contribution in [1.29, 1.82) is 0 Å². The van der Waals surface area contributed by atoms with E-state index in [0.717, 1.165) is 19.4 Å². The summed E-state index contributed by atoms with van der Waals surface area (Å²) in [5.74, 6) is 0.167. The van der Waals surface area contributed by atoms with Crippen LogP contribution >= 0.6 is 12.4 Å². The molecular weight excluding hydrogens is 264 g/mol. The van der Waals surface area contributed by atoms with E-state index in [-0.39, 0.29) is 35.8 Å². The zero-order chi connectivity index (χ0) is 13.6. The number of rotatable bonds is 3. The smallest absolute Gasteiger partial charge is 0.243 e. The van der Waals surface area contributed by atoms with Crippen molar-refractivity contribution in [3.05, 3.63) is 12.7 Å². The van der Waals surface area contributed by atoms with Gasteiger partial charge in [0.15, 0.2) is 0 Å². The topological polar surface area (TPSA) is 55.6 Å². The summed E-state index contributed by atoms with van der Waals surface area (Å²) in [4.78, 5) is 14.3. The zero-order valence-electron chi connectivity index (χ0n) is 12.0. The van der Waals surface area contributed by atoms with Gasteiger partial charge in [-0.15, -0.1) is 19.0 Å². The van der Waals surface area contributed by atoms with Gasteiger partial charge in [0.2, 0.25) is 5.91 Å². The van der Waals surface area contributed by atoms with Gasteiger partial charge in [-0.25, -0.2) is 0 Å². The molecule has 1 saturated carbocycles. The van der Waals surface area contributed by atoms with E-state index in [4.69, 9.17) is 10.5 Å². The lowest BCUT2D eigenvalue weighted by Crippen LogP contribution is -2.82. The summed E-state index contributed by atoms with van der Waals surface area (Å²) in [6.07, 6.45) is 3.83. The van der Waals surface area contributed by atoms with E-state index in [2.05, 4.69) is 6.58 Å². The molecule has 3 unspecified atom stereocenters. The number of hydrogen-bond acceptors (Lipinski definition) is 3. The number of fused-ring (bicyclic) bond motifs is 1. The highest BCUT2D eigenvalue weighted by atomic mass is 35.5. The lowest BCUT2D eigenvalue weighted by Gasteiger charge is -2.65. The Morgan fingerprint density at radius 1 is 1.58 bits per heavy atom. The fourth-order valence-corrected chi connectivity index (χ4v) is 3.60. The maximum atomic E-state index is 12.6. The molecular formula is C14H25ClN2O2. The van der Waals surface area contributed by atoms with Gasteiger partial charge in [-0.3, -0.25) is 4.79 Å². The van der Waals surface area contributed by atoms with Gasteiger partial charge >= 0.3 is 0 Å². The molecule has 1 saturated heterocycles. The average Bonchev–Trinajstić information content (AvgIpc) is 2.37. The van der Waals surface area contributed by atoms with Crippen molar-refractivity contribution in [2.45, 2.75) is 38.3 Å². The molecule has 0 bridgehead atoms. The summed E-state index contributed by atoms with van der Waals surface area (Å²) >= 11 is 0. The van der Waals surface area contributed by atoms with Gasteiger partial charge < -0.3 is 15.4 Å². The molecule has 1 amide bonds. The monoisotopic (exact) mass is 288 g/mol. The second kappa shape index (κ2) is 5.43. The van der Waals surface area contributed by atoms with E-state index in [1.807, 2.05) is 13.8 Å². The first-order valence-electron chi connectivity index (χ1n) is 6.64. The molecule has 1 heterocycles. The highest BCUT2D eigenvalue weighted by Gasteiger charge is 2.70. The van der Waals surface area contributed by atoms with Crippen LogP contribution < -0.4 is 5.73 Å². The first-order chi connectivity index (χ1) is 8.37. The van der Waals surface area contributed by atoms with E-state index in [1.54, 1.807) is 18.0 Å². The maximum Gasteiger partial charge on any atom is 0.243 e. The predicted octanol–water partition coefficient (Wildman–Crippen LogP) is 1.59. The third-order valence-corrected chi connectivity index (χ3v) is 4.79. The molecule has 0 aromatic heterocycles. The number of carbonyl (C=O) groups excluding carboxylic acids is 1. The number of likely N-dealkylation sites (N-methyl/N-ethyl adjacent to an activating group) is 1. The molecule has 1 aliphatic heterocycles. The van der Waals surface area contributed by atoms with Crippen molar-refractivity contribution in [3.63, 3.8) is 0 Å². The molecule has 0 aromatic rings. The van der Waals surface area contributed by atoms with E-state index in [9.17, 15) is 4.79 Å². The fraction of sp³-hybridized carbons (Fsp3) is 0.786. The van der Waals surface area contributed by atoms with Crippen LogP contribution in [0, 0.1) is 11.3 Å². The molecule has 5 heteroatoms. The maximum absolute atomic E-state index is 12.6. The standard InChI is InChI=1S/C14H24N2O2.ClH/c1-5-8-16(4)12(17)14(15)10-7-6-9-18-11(10)13(14,2)3;/h5,10-11H,1,6-9,15H2,2-4H3;1H. The Labute approximate surface area is 121 Å². The van der Waals surface area contributed by atoms with Crippen molar-refractivity contribution in [2.24, 2.45) is 17.1 Å². The largest absolute Gasteiger partial charge is 0.377 e. The molecule has 0 spiro atoms. The third-order valence-electron chi connectivity index (χ3n) is 4.79. The predicted molar refractivity (Wildman–Crippen MR) is 78.2 cm³/mol. The van der Waals surface area contributed by atoms with Crippen LogP contribution in [0.2, 0.25) is 0 Å². The van der Waals surface area contributed by atoms with Crippen LogP contribution in [0.15, 0.2) is 12.7 Å². The summed E-state index contributed by atoms with van der Waals surface area (Å²) in [5.41, 5.74) is 5.41. The van der Waals surface area contributed by atoms with Gasteiger partial charge in [-0.05, 0) is 12.8 Å². The molecule has 2 fully saturated rings. The van der Waals surface area contributed by atoms with E-state index < -0.39 is 5.54 Å². The molecule has 3 atom stereocenters. The normalized spacial score (nSPS) is 35.4. The number of carbonyl (C=O) groups is 1. The zero-order valence-corrected chi connectivity index (χ0v) is 12.8. The van der Waals surface area contributed by atoms with Crippen LogP contribution in [-0.4, -0.2) is 42.6 Å². The minimum Gasteiger partial charge on any atom is -0.377 e. The van der Waals surface area contributed by atoms with Crippen LogP contribution in [0.1, 0.15) is 26.7 Å². The first kappa shape index (κ1) is 16.5. The summed E-state index contributed by atoms with van der Waals surface area (Å²) < 4.78 is 5.81. The van der Waals surface area contributed by atoms with Gasteiger partial charge in [0.05, 0.1) is 6.10 Å². The lowest BCUT2D eigenvalue weighted by atomic mass is 9.46. The number of amides is 1. The van der Waals surface area contributed by atoms with Crippen LogP contribution in [0.25, 0.3) is 0 Å². The summed E-state index contributed by atoms with van der Waals surface area (Å²) in [5, 5.41) is 0. The Balaban J connectivity index is 0.00000180. The van der Waals surface area contributed by atoms with Gasteiger partial charge in [-0.1, -0.05) is 19.9 Å². The van der Waals surface area contributed by atoms with Crippen LogP contribution in [0.5, 0.6) is 0 Å². The van der Waals surface area contributed by atoms with Gasteiger partial charge in [0.25, 0.3) is 0 Å². The molecule has 2 rings (SSSR count). The van der Waals surface area contributed by atoms with Gasteiger partial charge in [0.1, 0.15) is 5.54 Å². The summed E-state index contributed by atoms with van der Waals surface area (Å²) in [6, 6.07) is 0. The third kappa shape index (κ3) is 2.10.